The van der Waals surface area contributed by atoms with E-state index in [0.717, 1.165) is 55.3 Å². The van der Waals surface area contributed by atoms with E-state index in [2.05, 4.69) is 174 Å². The highest BCUT2D eigenvalue weighted by atomic mass is 32.1. The van der Waals surface area contributed by atoms with Crippen molar-refractivity contribution in [1.82, 2.24) is 19.5 Å². The Balaban J connectivity index is 1.11. The number of rotatable bonds is 4. The number of nitrogens with zero attached hydrogens (tertiary/aromatic N) is 4. The third kappa shape index (κ3) is 4.97. The first-order valence-corrected chi connectivity index (χ1v) is 22.3. The average molecular weight is 827 g/mol. The Morgan fingerprint density at radius 3 is 1.61 bits per heavy atom. The summed E-state index contributed by atoms with van der Waals surface area (Å²) < 4.78 is 14.3. The summed E-state index contributed by atoms with van der Waals surface area (Å²) in [4.78, 5) is 16.3. The lowest BCUT2D eigenvalue weighted by molar-refractivity contribution is 0.669. The average Bonchev–Trinajstić information content (AvgIpc) is 4.09. The highest BCUT2D eigenvalue weighted by Gasteiger charge is 2.25. The molecule has 0 bridgehead atoms. The van der Waals surface area contributed by atoms with E-state index < -0.39 is 0 Å². The van der Waals surface area contributed by atoms with E-state index >= 15 is 0 Å². The molecule has 7 heteroatoms. The Morgan fingerprint density at radius 2 is 0.919 bits per heavy atom. The number of benzene rings is 9. The van der Waals surface area contributed by atoms with Crippen molar-refractivity contribution >= 4 is 118 Å². The lowest BCUT2D eigenvalue weighted by Gasteiger charge is -2.15. The summed E-state index contributed by atoms with van der Waals surface area (Å²) in [5.41, 5.74) is 7.33. The van der Waals surface area contributed by atoms with Crippen molar-refractivity contribution in [2.24, 2.45) is 0 Å². The standard InChI is InChI=1S/C55H30N4OS2/c1-2-12-32-30-45-40(27-31(32)11-1)35-13-3-7-17-43(35)59(45)44-24-23-39-36-14-4-8-18-46(36)60-52(39)51(44)55-57-53(33-21-25-49-41(28-33)37-15-5-9-19-47(37)61-49)56-54(58-55)34-22-26-50-42(29-34)38-16-6-10-20-48(38)62-50/h1-30H. The minimum atomic E-state index is 0.543. The van der Waals surface area contributed by atoms with Gasteiger partial charge in [-0.15, -0.1) is 22.7 Å². The molecule has 5 heterocycles. The van der Waals surface area contributed by atoms with Gasteiger partial charge in [-0.3, -0.25) is 0 Å². The zero-order valence-corrected chi connectivity index (χ0v) is 34.5. The van der Waals surface area contributed by atoms with Crippen LogP contribution in [0.3, 0.4) is 0 Å². The van der Waals surface area contributed by atoms with Crippen LogP contribution in [0.25, 0.3) is 135 Å². The van der Waals surface area contributed by atoms with Crippen LogP contribution in [-0.2, 0) is 0 Å². The molecule has 0 aliphatic rings. The number of fused-ring (bicyclic) bond motifs is 13. The van der Waals surface area contributed by atoms with E-state index in [0.29, 0.717) is 17.5 Å². The Kier molecular flexibility index (Phi) is 7.08. The molecule has 0 atom stereocenters. The van der Waals surface area contributed by atoms with Crippen molar-refractivity contribution in [3.63, 3.8) is 0 Å². The highest BCUT2D eigenvalue weighted by Crippen LogP contribution is 2.44. The minimum absolute atomic E-state index is 0.543. The van der Waals surface area contributed by atoms with Crippen molar-refractivity contribution in [1.29, 1.82) is 0 Å². The second-order valence-electron chi connectivity index (χ2n) is 15.9. The van der Waals surface area contributed by atoms with Gasteiger partial charge in [-0.2, -0.15) is 0 Å². The third-order valence-electron chi connectivity index (χ3n) is 12.4. The normalized spacial score (nSPS) is 12.2. The molecule has 62 heavy (non-hydrogen) atoms. The Labute approximate surface area is 361 Å². The van der Waals surface area contributed by atoms with E-state index in [1.165, 1.54) is 61.9 Å². The molecule has 0 aliphatic carbocycles. The van der Waals surface area contributed by atoms with Crippen LogP contribution in [0.2, 0.25) is 0 Å². The van der Waals surface area contributed by atoms with Gasteiger partial charge >= 0.3 is 0 Å². The molecule has 0 aliphatic heterocycles. The van der Waals surface area contributed by atoms with Crippen molar-refractivity contribution in [3.8, 4) is 39.9 Å². The van der Waals surface area contributed by atoms with Crippen molar-refractivity contribution in [2.75, 3.05) is 0 Å². The minimum Gasteiger partial charge on any atom is -0.455 e. The first-order chi connectivity index (χ1) is 30.7. The van der Waals surface area contributed by atoms with E-state index in [1.54, 1.807) is 0 Å². The van der Waals surface area contributed by atoms with E-state index in [-0.39, 0.29) is 0 Å². The molecule has 0 radical (unpaired) electrons. The van der Waals surface area contributed by atoms with Gasteiger partial charge in [0, 0.05) is 73.0 Å². The smallest absolute Gasteiger partial charge is 0.170 e. The van der Waals surface area contributed by atoms with Crippen LogP contribution in [-0.4, -0.2) is 19.5 Å². The molecule has 0 spiro atoms. The third-order valence-corrected chi connectivity index (χ3v) is 14.7. The SMILES string of the molecule is c1ccc2cc3c(cc2c1)c1ccccc1n3-c1ccc2c(oc3ccccc32)c1-c1nc(-c2ccc3sc4ccccc4c3c2)nc(-c2ccc3sc4ccccc4c3c2)n1. The lowest BCUT2D eigenvalue weighted by atomic mass is 10.0. The van der Waals surface area contributed by atoms with Gasteiger partial charge in [-0.1, -0.05) is 97.1 Å². The molecule has 0 unspecified atom stereocenters. The van der Waals surface area contributed by atoms with Crippen LogP contribution in [0.5, 0.6) is 0 Å². The summed E-state index contributed by atoms with van der Waals surface area (Å²) in [6.07, 6.45) is 0. The van der Waals surface area contributed by atoms with Crippen molar-refractivity contribution in [3.05, 3.63) is 182 Å². The highest BCUT2D eigenvalue weighted by molar-refractivity contribution is 7.26. The van der Waals surface area contributed by atoms with Crippen LogP contribution in [0.4, 0.5) is 0 Å². The molecule has 0 saturated heterocycles. The number of thiophene rings is 2. The Bertz CT molecular complexity index is 4060. The van der Waals surface area contributed by atoms with Gasteiger partial charge in [0.1, 0.15) is 11.2 Å². The van der Waals surface area contributed by atoms with Gasteiger partial charge < -0.3 is 8.98 Å². The number of hydrogen-bond donors (Lipinski definition) is 0. The van der Waals surface area contributed by atoms with E-state index in [4.69, 9.17) is 19.4 Å². The second kappa shape index (κ2) is 12.9. The first-order valence-electron chi connectivity index (χ1n) is 20.7. The quantitative estimate of drug-likeness (QED) is 0.177. The summed E-state index contributed by atoms with van der Waals surface area (Å²) in [7, 11) is 0. The molecular formula is C55H30N4OS2. The van der Waals surface area contributed by atoms with Crippen LogP contribution in [0.15, 0.2) is 186 Å². The lowest BCUT2D eigenvalue weighted by Crippen LogP contribution is -2.04. The molecule has 14 aromatic rings. The topological polar surface area (TPSA) is 56.7 Å². The number of furan rings is 1. The predicted molar refractivity (Wildman–Crippen MR) is 261 cm³/mol. The second-order valence-corrected chi connectivity index (χ2v) is 18.1. The molecule has 5 aromatic heterocycles. The van der Waals surface area contributed by atoms with Crippen LogP contribution in [0.1, 0.15) is 0 Å². The van der Waals surface area contributed by atoms with Gasteiger partial charge in [0.15, 0.2) is 17.5 Å². The largest absolute Gasteiger partial charge is 0.455 e. The fraction of sp³-hybridized carbons (Fsp3) is 0. The molecule has 0 N–H and O–H groups in total. The summed E-state index contributed by atoms with van der Waals surface area (Å²) in [5, 5.41) is 11.6. The maximum Gasteiger partial charge on any atom is 0.170 e. The summed E-state index contributed by atoms with van der Waals surface area (Å²) in [5.74, 6) is 1.75. The monoisotopic (exact) mass is 826 g/mol. The number of hydrogen-bond acceptors (Lipinski definition) is 6. The van der Waals surface area contributed by atoms with E-state index in [1.807, 2.05) is 34.8 Å². The maximum atomic E-state index is 6.94. The molecule has 0 fully saturated rings. The molecule has 0 amide bonds. The fourth-order valence-corrected chi connectivity index (χ4v) is 11.7. The fourth-order valence-electron chi connectivity index (χ4n) is 9.57. The summed E-state index contributed by atoms with van der Waals surface area (Å²) >= 11 is 3.61. The zero-order chi connectivity index (χ0) is 40.5. The zero-order valence-electron chi connectivity index (χ0n) is 32.8. The van der Waals surface area contributed by atoms with Gasteiger partial charge in [-0.05, 0) is 95.7 Å². The van der Waals surface area contributed by atoms with Crippen LogP contribution >= 0.6 is 22.7 Å². The molecule has 14 rings (SSSR count). The van der Waals surface area contributed by atoms with Gasteiger partial charge in [0.2, 0.25) is 0 Å². The Hall–Kier alpha value is -7.71. The van der Waals surface area contributed by atoms with Crippen molar-refractivity contribution < 1.29 is 4.42 Å². The van der Waals surface area contributed by atoms with E-state index in [9.17, 15) is 0 Å². The molecular weight excluding hydrogens is 797 g/mol. The molecule has 0 saturated carbocycles. The number of para-hydroxylation sites is 2. The molecule has 5 nitrogen and oxygen atoms in total. The van der Waals surface area contributed by atoms with Crippen LogP contribution in [0, 0.1) is 0 Å². The molecule has 9 aromatic carbocycles. The van der Waals surface area contributed by atoms with Gasteiger partial charge in [0.05, 0.1) is 22.3 Å². The van der Waals surface area contributed by atoms with Crippen LogP contribution < -0.4 is 0 Å². The Morgan fingerprint density at radius 1 is 0.371 bits per heavy atom. The van der Waals surface area contributed by atoms with Gasteiger partial charge in [-0.25, -0.2) is 15.0 Å². The number of aromatic nitrogens is 4. The van der Waals surface area contributed by atoms with Crippen molar-refractivity contribution in [2.45, 2.75) is 0 Å². The summed E-state index contributed by atoms with van der Waals surface area (Å²) in [6, 6.07) is 64.9. The maximum absolute atomic E-state index is 6.94. The predicted octanol–water partition coefficient (Wildman–Crippen LogP) is 15.8. The first kappa shape index (κ1) is 34.0. The van der Waals surface area contributed by atoms with Gasteiger partial charge in [0.25, 0.3) is 0 Å². The molecule has 288 valence electrons. The summed E-state index contributed by atoms with van der Waals surface area (Å²) in [6.45, 7) is 0.